The van der Waals surface area contributed by atoms with E-state index in [-0.39, 0.29) is 11.6 Å². The maximum atomic E-state index is 13.0. The van der Waals surface area contributed by atoms with E-state index in [2.05, 4.69) is 0 Å². The molecule has 1 aromatic carbocycles. The number of nitrogens with two attached hydrogens (primary N) is 1. The van der Waals surface area contributed by atoms with E-state index in [1.807, 2.05) is 18.7 Å². The number of nitrogen functional groups attached to an aromatic ring is 1. The highest BCUT2D eigenvalue weighted by Crippen LogP contribution is 2.34. The van der Waals surface area contributed by atoms with Crippen molar-refractivity contribution in [3.63, 3.8) is 0 Å². The molecule has 1 atom stereocenters. The molecule has 0 amide bonds. The summed E-state index contributed by atoms with van der Waals surface area (Å²) >= 11 is 0. The molecule has 0 fully saturated rings. The first-order valence-corrected chi connectivity index (χ1v) is 6.47. The predicted octanol–water partition coefficient (Wildman–Crippen LogP) is 3.61. The largest absolute Gasteiger partial charge is 0.417 e. The van der Waals surface area contributed by atoms with Crippen molar-refractivity contribution >= 4 is 11.5 Å². The van der Waals surface area contributed by atoms with Gasteiger partial charge in [-0.1, -0.05) is 13.3 Å². The quantitative estimate of drug-likeness (QED) is 0.642. The van der Waals surface area contributed by atoms with Gasteiger partial charge in [0.25, 0.3) is 0 Å². The Morgan fingerprint density at radius 3 is 2.45 bits per heavy atom. The third-order valence-corrected chi connectivity index (χ3v) is 3.37. The topological polar surface area (TPSA) is 53.1 Å². The summed E-state index contributed by atoms with van der Waals surface area (Å²) in [5.74, 6) is -0.576. The second kappa shape index (κ2) is 6.15. The molecular weight excluding hydrogens is 267 g/mol. The van der Waals surface area contributed by atoms with E-state index in [0.717, 1.165) is 18.9 Å². The van der Waals surface area contributed by atoms with Crippen molar-refractivity contribution in [2.24, 2.45) is 5.73 Å². The van der Waals surface area contributed by atoms with Gasteiger partial charge in [0.1, 0.15) is 5.84 Å². The summed E-state index contributed by atoms with van der Waals surface area (Å²) in [5, 5.41) is 7.25. The van der Waals surface area contributed by atoms with Gasteiger partial charge in [-0.3, -0.25) is 5.41 Å². The van der Waals surface area contributed by atoms with Gasteiger partial charge in [0.15, 0.2) is 0 Å². The van der Waals surface area contributed by atoms with Crippen molar-refractivity contribution in [2.75, 3.05) is 11.9 Å². The van der Waals surface area contributed by atoms with Gasteiger partial charge in [0.05, 0.1) is 5.56 Å². The lowest BCUT2D eigenvalue weighted by atomic mass is 10.0. The van der Waals surface area contributed by atoms with E-state index in [0.29, 0.717) is 5.69 Å². The smallest absolute Gasteiger partial charge is 0.384 e. The zero-order chi connectivity index (χ0) is 15.5. The molecule has 0 saturated heterocycles. The van der Waals surface area contributed by atoms with Crippen LogP contribution in [0.4, 0.5) is 18.9 Å². The minimum absolute atomic E-state index is 0.143. The van der Waals surface area contributed by atoms with Crippen molar-refractivity contribution in [1.29, 1.82) is 5.41 Å². The Balaban J connectivity index is 3.23. The first-order chi connectivity index (χ1) is 9.18. The van der Waals surface area contributed by atoms with Crippen LogP contribution in [-0.2, 0) is 6.18 Å². The lowest BCUT2D eigenvalue weighted by Gasteiger charge is -2.28. The van der Waals surface area contributed by atoms with Crippen LogP contribution in [0.25, 0.3) is 0 Å². The molecule has 0 aromatic heterocycles. The van der Waals surface area contributed by atoms with Gasteiger partial charge < -0.3 is 10.6 Å². The Labute approximate surface area is 117 Å². The van der Waals surface area contributed by atoms with Crippen LogP contribution in [0.5, 0.6) is 0 Å². The zero-order valence-corrected chi connectivity index (χ0v) is 11.9. The van der Waals surface area contributed by atoms with Crippen molar-refractivity contribution in [2.45, 2.75) is 38.9 Å². The first kappa shape index (κ1) is 16.3. The molecule has 112 valence electrons. The van der Waals surface area contributed by atoms with Crippen LogP contribution in [0.15, 0.2) is 18.2 Å². The summed E-state index contributed by atoms with van der Waals surface area (Å²) in [7, 11) is 1.77. The maximum Gasteiger partial charge on any atom is 0.417 e. The van der Waals surface area contributed by atoms with Gasteiger partial charge in [-0.2, -0.15) is 13.2 Å². The first-order valence-electron chi connectivity index (χ1n) is 6.47. The number of benzene rings is 1. The Kier molecular flexibility index (Phi) is 5.03. The molecule has 1 aromatic rings. The molecule has 1 rings (SSSR count). The molecular formula is C14H20F3N3. The number of hydrogen-bond acceptors (Lipinski definition) is 2. The van der Waals surface area contributed by atoms with Crippen LogP contribution in [-0.4, -0.2) is 18.9 Å². The normalized spacial score (nSPS) is 13.1. The number of rotatable bonds is 5. The fraction of sp³-hybridized carbons (Fsp3) is 0.500. The summed E-state index contributed by atoms with van der Waals surface area (Å²) in [6.07, 6.45) is -2.67. The molecule has 6 heteroatoms. The van der Waals surface area contributed by atoms with E-state index in [4.69, 9.17) is 11.1 Å². The van der Waals surface area contributed by atoms with Gasteiger partial charge in [-0.15, -0.1) is 0 Å². The van der Waals surface area contributed by atoms with Crippen LogP contribution in [0, 0.1) is 5.41 Å². The Morgan fingerprint density at radius 2 is 2.00 bits per heavy atom. The van der Waals surface area contributed by atoms with Crippen molar-refractivity contribution < 1.29 is 13.2 Å². The number of nitrogens with one attached hydrogen (secondary N) is 1. The van der Waals surface area contributed by atoms with Crippen LogP contribution in [0.1, 0.15) is 37.8 Å². The van der Waals surface area contributed by atoms with Crippen molar-refractivity contribution in [1.82, 2.24) is 0 Å². The predicted molar refractivity (Wildman–Crippen MR) is 75.2 cm³/mol. The molecule has 0 heterocycles. The average Bonchev–Trinajstić information content (AvgIpc) is 2.36. The molecule has 3 N–H and O–H groups in total. The average molecular weight is 287 g/mol. The lowest BCUT2D eigenvalue weighted by molar-refractivity contribution is -0.137. The van der Waals surface area contributed by atoms with Crippen LogP contribution >= 0.6 is 0 Å². The number of anilines is 1. The number of amidine groups is 1. The second-order valence-corrected chi connectivity index (χ2v) is 4.89. The Bertz CT molecular complexity index is 483. The fourth-order valence-corrected chi connectivity index (χ4v) is 2.09. The van der Waals surface area contributed by atoms with Gasteiger partial charge in [0, 0.05) is 24.3 Å². The Hall–Kier alpha value is -1.72. The monoisotopic (exact) mass is 287 g/mol. The molecule has 3 nitrogen and oxygen atoms in total. The summed E-state index contributed by atoms with van der Waals surface area (Å²) in [4.78, 5) is 1.81. The van der Waals surface area contributed by atoms with Gasteiger partial charge in [0.2, 0.25) is 0 Å². The highest BCUT2D eigenvalue weighted by molar-refractivity contribution is 5.97. The van der Waals surface area contributed by atoms with Gasteiger partial charge in [-0.25, -0.2) is 0 Å². The SMILES string of the molecule is CCCC(C)N(C)c1ccc(C(=N)N)c(C(F)(F)F)c1. The molecule has 1 unspecified atom stereocenters. The molecule has 0 aliphatic heterocycles. The van der Waals surface area contributed by atoms with Gasteiger partial charge >= 0.3 is 6.18 Å². The number of alkyl halides is 3. The molecule has 0 aliphatic carbocycles. The van der Waals surface area contributed by atoms with Crippen LogP contribution in [0.2, 0.25) is 0 Å². The third kappa shape index (κ3) is 3.65. The minimum atomic E-state index is -4.52. The van der Waals surface area contributed by atoms with Crippen LogP contribution in [0.3, 0.4) is 0 Å². The Morgan fingerprint density at radius 1 is 1.40 bits per heavy atom. The minimum Gasteiger partial charge on any atom is -0.384 e. The number of nitrogens with zero attached hydrogens (tertiary/aromatic N) is 1. The van der Waals surface area contributed by atoms with E-state index in [1.54, 1.807) is 13.1 Å². The number of halogens is 3. The standard InChI is InChI=1S/C14H20F3N3/c1-4-5-9(2)20(3)10-6-7-11(13(18)19)12(8-10)14(15,16)17/h6-9H,4-5H2,1-3H3,(H3,18,19). The fourth-order valence-electron chi connectivity index (χ4n) is 2.09. The zero-order valence-electron chi connectivity index (χ0n) is 11.9. The summed E-state index contributed by atoms with van der Waals surface area (Å²) in [6.45, 7) is 4.00. The highest BCUT2D eigenvalue weighted by atomic mass is 19.4. The molecule has 0 spiro atoms. The number of hydrogen-bond donors (Lipinski definition) is 2. The van der Waals surface area contributed by atoms with Crippen molar-refractivity contribution in [3.05, 3.63) is 29.3 Å². The summed E-state index contributed by atoms with van der Waals surface area (Å²) in [5.41, 5.74) is 4.55. The second-order valence-electron chi connectivity index (χ2n) is 4.89. The molecule has 0 bridgehead atoms. The third-order valence-electron chi connectivity index (χ3n) is 3.37. The van der Waals surface area contributed by atoms with Crippen molar-refractivity contribution in [3.8, 4) is 0 Å². The lowest BCUT2D eigenvalue weighted by Crippen LogP contribution is -2.29. The summed E-state index contributed by atoms with van der Waals surface area (Å²) in [6, 6.07) is 4.03. The van der Waals surface area contributed by atoms with E-state index in [1.165, 1.54) is 6.07 Å². The maximum absolute atomic E-state index is 13.0. The summed E-state index contributed by atoms with van der Waals surface area (Å²) < 4.78 is 39.1. The molecule has 0 aliphatic rings. The van der Waals surface area contributed by atoms with Crippen LogP contribution < -0.4 is 10.6 Å². The molecule has 0 saturated carbocycles. The molecule has 20 heavy (non-hydrogen) atoms. The van der Waals surface area contributed by atoms with E-state index in [9.17, 15) is 13.2 Å². The van der Waals surface area contributed by atoms with E-state index < -0.39 is 17.6 Å². The highest BCUT2D eigenvalue weighted by Gasteiger charge is 2.34. The van der Waals surface area contributed by atoms with E-state index >= 15 is 0 Å². The molecule has 0 radical (unpaired) electrons. The van der Waals surface area contributed by atoms with Gasteiger partial charge in [-0.05, 0) is 31.5 Å².